The Kier molecular flexibility index (Phi) is 4.97. The van der Waals surface area contributed by atoms with Gasteiger partial charge in [0, 0.05) is 31.5 Å². The lowest BCUT2D eigenvalue weighted by Gasteiger charge is -2.24. The van der Waals surface area contributed by atoms with Crippen molar-refractivity contribution in [1.82, 2.24) is 10.2 Å². The number of ether oxygens (including phenoxy) is 1. The van der Waals surface area contributed by atoms with Crippen molar-refractivity contribution >= 4 is 12.0 Å². The highest BCUT2D eigenvalue weighted by Crippen LogP contribution is 2.18. The molecular weight excluding hydrogens is 244 g/mol. The van der Waals surface area contributed by atoms with E-state index in [1.807, 2.05) is 33.8 Å². The summed E-state index contributed by atoms with van der Waals surface area (Å²) in [7, 11) is 0. The van der Waals surface area contributed by atoms with Crippen LogP contribution in [0.3, 0.4) is 0 Å². The number of amides is 2. The van der Waals surface area contributed by atoms with Crippen LogP contribution in [-0.2, 0) is 9.53 Å². The standard InChI is InChI=1S/C14H24N2O3/c1-6-11-7-12(17)16(9-11)8-10(2)15-13(18)19-14(3,4)5/h6,10-11H,1,7-9H2,2-5H3,(H,15,18). The fourth-order valence-corrected chi connectivity index (χ4v) is 2.02. The first-order valence-corrected chi connectivity index (χ1v) is 6.61. The third-order valence-electron chi connectivity index (χ3n) is 2.84. The van der Waals surface area contributed by atoms with Crippen molar-refractivity contribution in [3.63, 3.8) is 0 Å². The number of hydrogen-bond donors (Lipinski definition) is 1. The molecule has 0 bridgehead atoms. The summed E-state index contributed by atoms with van der Waals surface area (Å²) in [6.45, 7) is 12.2. The Morgan fingerprint density at radius 3 is 2.74 bits per heavy atom. The summed E-state index contributed by atoms with van der Waals surface area (Å²) in [5.41, 5.74) is -0.513. The summed E-state index contributed by atoms with van der Waals surface area (Å²) in [4.78, 5) is 25.1. The average Bonchev–Trinajstić information content (AvgIpc) is 2.56. The van der Waals surface area contributed by atoms with Gasteiger partial charge >= 0.3 is 6.09 Å². The van der Waals surface area contributed by atoms with Gasteiger partial charge in [-0.15, -0.1) is 6.58 Å². The van der Waals surface area contributed by atoms with Crippen molar-refractivity contribution in [1.29, 1.82) is 0 Å². The molecule has 0 aromatic rings. The molecule has 19 heavy (non-hydrogen) atoms. The number of alkyl carbamates (subject to hydrolysis) is 1. The predicted octanol–water partition coefficient (Wildman–Crippen LogP) is 1.93. The minimum Gasteiger partial charge on any atom is -0.444 e. The number of nitrogens with zero attached hydrogens (tertiary/aromatic N) is 1. The summed E-state index contributed by atoms with van der Waals surface area (Å²) >= 11 is 0. The van der Waals surface area contributed by atoms with Crippen LogP contribution in [0.15, 0.2) is 12.7 Å². The Bertz CT molecular complexity index is 360. The number of hydrogen-bond acceptors (Lipinski definition) is 3. The third-order valence-corrected chi connectivity index (χ3v) is 2.84. The molecule has 1 aliphatic heterocycles. The molecule has 0 aromatic carbocycles. The molecule has 0 aromatic heterocycles. The summed E-state index contributed by atoms with van der Waals surface area (Å²) in [6, 6.07) is -0.137. The van der Waals surface area contributed by atoms with E-state index in [0.717, 1.165) is 0 Å². The van der Waals surface area contributed by atoms with Gasteiger partial charge in [0.05, 0.1) is 0 Å². The van der Waals surface area contributed by atoms with Crippen LogP contribution in [0.2, 0.25) is 0 Å². The van der Waals surface area contributed by atoms with E-state index in [9.17, 15) is 9.59 Å². The second-order valence-electron chi connectivity index (χ2n) is 6.05. The van der Waals surface area contributed by atoms with Gasteiger partial charge in [-0.1, -0.05) is 6.08 Å². The zero-order valence-electron chi connectivity index (χ0n) is 12.2. The fraction of sp³-hybridized carbons (Fsp3) is 0.714. The van der Waals surface area contributed by atoms with Crippen LogP contribution < -0.4 is 5.32 Å². The number of likely N-dealkylation sites (tertiary alicyclic amines) is 1. The molecule has 2 unspecified atom stereocenters. The maximum absolute atomic E-state index is 11.7. The summed E-state index contributed by atoms with van der Waals surface area (Å²) in [6.07, 6.45) is 1.87. The van der Waals surface area contributed by atoms with E-state index < -0.39 is 11.7 Å². The van der Waals surface area contributed by atoms with Crippen LogP contribution in [0, 0.1) is 5.92 Å². The molecule has 1 rings (SSSR count). The van der Waals surface area contributed by atoms with E-state index in [0.29, 0.717) is 19.5 Å². The number of carbonyl (C=O) groups is 2. The normalized spacial score (nSPS) is 21.2. The molecule has 0 saturated carbocycles. The Morgan fingerprint density at radius 2 is 2.26 bits per heavy atom. The molecular formula is C14H24N2O3. The highest BCUT2D eigenvalue weighted by atomic mass is 16.6. The SMILES string of the molecule is C=CC1CC(=O)N(CC(C)NC(=O)OC(C)(C)C)C1. The summed E-state index contributed by atoms with van der Waals surface area (Å²) in [5.74, 6) is 0.337. The third kappa shape index (κ3) is 5.32. The molecule has 108 valence electrons. The highest BCUT2D eigenvalue weighted by molar-refractivity contribution is 5.79. The fourth-order valence-electron chi connectivity index (χ4n) is 2.02. The van der Waals surface area contributed by atoms with E-state index in [4.69, 9.17) is 4.74 Å². The smallest absolute Gasteiger partial charge is 0.407 e. The lowest BCUT2D eigenvalue weighted by Crippen LogP contribution is -2.44. The number of rotatable bonds is 4. The van der Waals surface area contributed by atoms with Crippen LogP contribution in [0.4, 0.5) is 4.79 Å². The second-order valence-corrected chi connectivity index (χ2v) is 6.05. The topological polar surface area (TPSA) is 58.6 Å². The van der Waals surface area contributed by atoms with Gasteiger partial charge in [-0.25, -0.2) is 4.79 Å². The molecule has 1 fully saturated rings. The minimum atomic E-state index is -0.513. The maximum atomic E-state index is 11.7. The molecule has 5 heteroatoms. The molecule has 2 amide bonds. The lowest BCUT2D eigenvalue weighted by molar-refractivity contribution is -0.128. The Balaban J connectivity index is 2.39. The predicted molar refractivity (Wildman–Crippen MR) is 73.7 cm³/mol. The van der Waals surface area contributed by atoms with Crippen molar-refractivity contribution in [2.75, 3.05) is 13.1 Å². The zero-order chi connectivity index (χ0) is 14.6. The first kappa shape index (κ1) is 15.5. The Hall–Kier alpha value is -1.52. The van der Waals surface area contributed by atoms with Crippen molar-refractivity contribution < 1.29 is 14.3 Å². The molecule has 2 atom stereocenters. The van der Waals surface area contributed by atoms with E-state index in [1.165, 1.54) is 0 Å². The van der Waals surface area contributed by atoms with Crippen molar-refractivity contribution in [2.45, 2.75) is 45.8 Å². The van der Waals surface area contributed by atoms with Gasteiger partial charge in [0.2, 0.25) is 5.91 Å². The average molecular weight is 268 g/mol. The van der Waals surface area contributed by atoms with Gasteiger partial charge in [-0.05, 0) is 27.7 Å². The monoisotopic (exact) mass is 268 g/mol. The van der Waals surface area contributed by atoms with Crippen LogP contribution in [0.5, 0.6) is 0 Å². The van der Waals surface area contributed by atoms with Crippen LogP contribution in [0.1, 0.15) is 34.1 Å². The van der Waals surface area contributed by atoms with Crippen LogP contribution in [-0.4, -0.2) is 41.6 Å². The van der Waals surface area contributed by atoms with E-state index in [2.05, 4.69) is 11.9 Å². The van der Waals surface area contributed by atoms with Gasteiger partial charge in [-0.2, -0.15) is 0 Å². The summed E-state index contributed by atoms with van der Waals surface area (Å²) in [5, 5.41) is 2.74. The number of nitrogens with one attached hydrogen (secondary N) is 1. The molecule has 1 aliphatic rings. The first-order valence-electron chi connectivity index (χ1n) is 6.61. The van der Waals surface area contributed by atoms with Gasteiger partial charge < -0.3 is 15.0 Å². The minimum absolute atomic E-state index is 0.114. The molecule has 0 radical (unpaired) electrons. The molecule has 1 saturated heterocycles. The Labute approximate surface area is 115 Å². The molecule has 5 nitrogen and oxygen atoms in total. The molecule has 1 heterocycles. The van der Waals surface area contributed by atoms with Crippen molar-refractivity contribution in [2.24, 2.45) is 5.92 Å². The quantitative estimate of drug-likeness (QED) is 0.793. The largest absolute Gasteiger partial charge is 0.444 e. The highest BCUT2D eigenvalue weighted by Gasteiger charge is 2.29. The van der Waals surface area contributed by atoms with E-state index >= 15 is 0 Å². The first-order chi connectivity index (χ1) is 8.71. The maximum Gasteiger partial charge on any atom is 0.407 e. The summed E-state index contributed by atoms with van der Waals surface area (Å²) < 4.78 is 5.17. The number of carbonyl (C=O) groups excluding carboxylic acids is 2. The molecule has 0 spiro atoms. The second kappa shape index (κ2) is 6.08. The van der Waals surface area contributed by atoms with Crippen LogP contribution >= 0.6 is 0 Å². The lowest BCUT2D eigenvalue weighted by atomic mass is 10.1. The van der Waals surface area contributed by atoms with E-state index in [1.54, 1.807) is 4.90 Å². The van der Waals surface area contributed by atoms with Gasteiger partial charge in [-0.3, -0.25) is 4.79 Å². The van der Waals surface area contributed by atoms with Gasteiger partial charge in [0.25, 0.3) is 0 Å². The van der Waals surface area contributed by atoms with Crippen molar-refractivity contribution in [3.05, 3.63) is 12.7 Å². The molecule has 1 N–H and O–H groups in total. The van der Waals surface area contributed by atoms with Gasteiger partial charge in [0.15, 0.2) is 0 Å². The van der Waals surface area contributed by atoms with Crippen molar-refractivity contribution in [3.8, 4) is 0 Å². The zero-order valence-corrected chi connectivity index (χ0v) is 12.2. The Morgan fingerprint density at radius 1 is 1.63 bits per heavy atom. The molecule has 0 aliphatic carbocycles. The van der Waals surface area contributed by atoms with Gasteiger partial charge in [0.1, 0.15) is 5.60 Å². The van der Waals surface area contributed by atoms with E-state index in [-0.39, 0.29) is 17.9 Å². The van der Waals surface area contributed by atoms with Crippen LogP contribution in [0.25, 0.3) is 0 Å².